The van der Waals surface area contributed by atoms with Crippen LogP contribution in [0.1, 0.15) is 11.6 Å². The minimum atomic E-state index is -4.27. The third kappa shape index (κ3) is 2.70. The van der Waals surface area contributed by atoms with Crippen LogP contribution in [0.3, 0.4) is 0 Å². The molecule has 1 nitrogen and oxygen atoms in total. The molecular formula is C8H8BrF3N+. The van der Waals surface area contributed by atoms with Gasteiger partial charge in [0.05, 0.1) is 0 Å². The first-order valence-corrected chi connectivity index (χ1v) is 4.36. The zero-order valence-electron chi connectivity index (χ0n) is 6.61. The number of benzene rings is 1. The predicted octanol–water partition coefficient (Wildman–Crippen LogP) is 2.29. The Morgan fingerprint density at radius 1 is 1.15 bits per heavy atom. The summed E-state index contributed by atoms with van der Waals surface area (Å²) in [4.78, 5) is 0. The predicted molar refractivity (Wildman–Crippen MR) is 45.8 cm³/mol. The van der Waals surface area contributed by atoms with Gasteiger partial charge in [-0.3, -0.25) is 0 Å². The number of hydrogen-bond donors (Lipinski definition) is 1. The van der Waals surface area contributed by atoms with Gasteiger partial charge in [-0.2, -0.15) is 13.2 Å². The Labute approximate surface area is 81.9 Å². The molecule has 0 heterocycles. The standard InChI is InChI=1S/C8H7BrF3N/c9-6-3-1-5(2-4-6)7(13)8(10,11)12/h1-4,7H,13H2/p+1/t7-/m1/s1. The number of halogens is 4. The second-order valence-electron chi connectivity index (χ2n) is 2.65. The van der Waals surface area contributed by atoms with Crippen molar-refractivity contribution < 1.29 is 18.9 Å². The maximum absolute atomic E-state index is 12.2. The van der Waals surface area contributed by atoms with Crippen molar-refractivity contribution in [1.82, 2.24) is 0 Å². The summed E-state index contributed by atoms with van der Waals surface area (Å²) in [7, 11) is 0. The Morgan fingerprint density at radius 3 is 2.00 bits per heavy atom. The van der Waals surface area contributed by atoms with Gasteiger partial charge < -0.3 is 5.73 Å². The molecule has 1 aromatic rings. The third-order valence-electron chi connectivity index (χ3n) is 1.67. The molecule has 0 unspecified atom stereocenters. The molecule has 1 atom stereocenters. The van der Waals surface area contributed by atoms with Crippen molar-refractivity contribution in [2.24, 2.45) is 0 Å². The zero-order valence-corrected chi connectivity index (χ0v) is 8.19. The summed E-state index contributed by atoms with van der Waals surface area (Å²) in [5.74, 6) is 0. The van der Waals surface area contributed by atoms with Gasteiger partial charge >= 0.3 is 6.18 Å². The molecule has 1 rings (SSSR count). The molecule has 0 aliphatic carbocycles. The largest absolute Gasteiger partial charge is 0.445 e. The molecule has 0 aliphatic rings. The fourth-order valence-electron chi connectivity index (χ4n) is 0.884. The molecule has 0 aromatic heterocycles. The van der Waals surface area contributed by atoms with E-state index in [2.05, 4.69) is 21.7 Å². The summed E-state index contributed by atoms with van der Waals surface area (Å²) in [6.07, 6.45) is -4.27. The molecule has 0 aliphatic heterocycles. The molecule has 13 heavy (non-hydrogen) atoms. The van der Waals surface area contributed by atoms with Crippen molar-refractivity contribution in [2.75, 3.05) is 0 Å². The van der Waals surface area contributed by atoms with E-state index in [0.29, 0.717) is 0 Å². The van der Waals surface area contributed by atoms with Crippen LogP contribution in [0.2, 0.25) is 0 Å². The lowest BCUT2D eigenvalue weighted by molar-refractivity contribution is -0.488. The van der Waals surface area contributed by atoms with E-state index in [1.807, 2.05) is 0 Å². The van der Waals surface area contributed by atoms with E-state index in [0.717, 1.165) is 4.47 Å². The summed E-state index contributed by atoms with van der Waals surface area (Å²) in [5.41, 5.74) is 3.25. The zero-order chi connectivity index (χ0) is 10.1. The van der Waals surface area contributed by atoms with Crippen LogP contribution in [0, 0.1) is 0 Å². The van der Waals surface area contributed by atoms with E-state index >= 15 is 0 Å². The number of hydrogen-bond acceptors (Lipinski definition) is 0. The molecule has 0 fully saturated rings. The maximum Gasteiger partial charge on any atom is 0.445 e. The normalized spacial score (nSPS) is 14.2. The topological polar surface area (TPSA) is 27.6 Å². The highest BCUT2D eigenvalue weighted by Gasteiger charge is 2.41. The van der Waals surface area contributed by atoms with Gasteiger partial charge in [0.1, 0.15) is 0 Å². The molecule has 3 N–H and O–H groups in total. The highest BCUT2D eigenvalue weighted by molar-refractivity contribution is 9.10. The van der Waals surface area contributed by atoms with Gasteiger partial charge in [-0.05, 0) is 12.1 Å². The fourth-order valence-corrected chi connectivity index (χ4v) is 1.15. The van der Waals surface area contributed by atoms with Gasteiger partial charge in [0.15, 0.2) is 0 Å². The van der Waals surface area contributed by atoms with Gasteiger partial charge in [-0.15, -0.1) is 0 Å². The molecule has 0 bridgehead atoms. The minimum Gasteiger partial charge on any atom is -0.344 e. The van der Waals surface area contributed by atoms with Crippen molar-refractivity contribution >= 4 is 15.9 Å². The van der Waals surface area contributed by atoms with E-state index in [9.17, 15) is 13.2 Å². The van der Waals surface area contributed by atoms with Crippen LogP contribution in [0.5, 0.6) is 0 Å². The summed E-state index contributed by atoms with van der Waals surface area (Å²) < 4.78 is 37.2. The summed E-state index contributed by atoms with van der Waals surface area (Å²) in [5, 5.41) is 0. The Morgan fingerprint density at radius 2 is 1.62 bits per heavy atom. The molecule has 0 spiro atoms. The average Bonchev–Trinajstić information content (AvgIpc) is 2.03. The Balaban J connectivity index is 2.90. The Kier molecular flexibility index (Phi) is 2.98. The van der Waals surface area contributed by atoms with Crippen molar-refractivity contribution in [3.63, 3.8) is 0 Å². The van der Waals surface area contributed by atoms with Crippen LogP contribution >= 0.6 is 15.9 Å². The molecule has 0 saturated heterocycles. The number of rotatable bonds is 1. The quantitative estimate of drug-likeness (QED) is 0.797. The lowest BCUT2D eigenvalue weighted by Crippen LogP contribution is -2.60. The van der Waals surface area contributed by atoms with Gasteiger partial charge in [0, 0.05) is 10.0 Å². The molecule has 0 amide bonds. The molecular weight excluding hydrogens is 247 g/mol. The van der Waals surface area contributed by atoms with Crippen LogP contribution in [0.15, 0.2) is 28.7 Å². The fraction of sp³-hybridized carbons (Fsp3) is 0.250. The second kappa shape index (κ2) is 3.67. The highest BCUT2D eigenvalue weighted by atomic mass is 79.9. The van der Waals surface area contributed by atoms with Gasteiger partial charge in [0.25, 0.3) is 0 Å². The monoisotopic (exact) mass is 254 g/mol. The first-order valence-electron chi connectivity index (χ1n) is 3.56. The maximum atomic E-state index is 12.2. The van der Waals surface area contributed by atoms with E-state index in [1.165, 1.54) is 12.1 Å². The third-order valence-corrected chi connectivity index (χ3v) is 2.20. The Hall–Kier alpha value is -0.550. The minimum absolute atomic E-state index is 0.177. The SMILES string of the molecule is [NH3+][C@H](c1ccc(Br)cc1)C(F)(F)F. The lowest BCUT2D eigenvalue weighted by Gasteiger charge is -2.12. The summed E-state index contributed by atoms with van der Waals surface area (Å²) >= 11 is 3.14. The molecule has 0 saturated carbocycles. The first-order chi connectivity index (χ1) is 5.91. The van der Waals surface area contributed by atoms with Crippen LogP contribution < -0.4 is 5.73 Å². The van der Waals surface area contributed by atoms with Gasteiger partial charge in [-0.25, -0.2) is 0 Å². The first kappa shape index (κ1) is 10.5. The molecule has 72 valence electrons. The van der Waals surface area contributed by atoms with Crippen molar-refractivity contribution in [3.8, 4) is 0 Å². The Bertz CT molecular complexity index is 280. The van der Waals surface area contributed by atoms with Crippen LogP contribution in [-0.2, 0) is 0 Å². The van der Waals surface area contributed by atoms with Crippen molar-refractivity contribution in [1.29, 1.82) is 0 Å². The number of quaternary nitrogens is 1. The van der Waals surface area contributed by atoms with Crippen LogP contribution in [0.25, 0.3) is 0 Å². The molecule has 0 radical (unpaired) electrons. The van der Waals surface area contributed by atoms with Crippen LogP contribution in [-0.4, -0.2) is 6.18 Å². The molecule has 1 aromatic carbocycles. The van der Waals surface area contributed by atoms with Gasteiger partial charge in [0.2, 0.25) is 6.04 Å². The van der Waals surface area contributed by atoms with Gasteiger partial charge in [-0.1, -0.05) is 28.1 Å². The van der Waals surface area contributed by atoms with E-state index < -0.39 is 12.2 Å². The highest BCUT2D eigenvalue weighted by Crippen LogP contribution is 2.29. The lowest BCUT2D eigenvalue weighted by atomic mass is 10.1. The average molecular weight is 255 g/mol. The van der Waals surface area contributed by atoms with Crippen molar-refractivity contribution in [2.45, 2.75) is 12.2 Å². The van der Waals surface area contributed by atoms with Crippen LogP contribution in [0.4, 0.5) is 13.2 Å². The second-order valence-corrected chi connectivity index (χ2v) is 3.56. The number of alkyl halides is 3. The summed E-state index contributed by atoms with van der Waals surface area (Å²) in [6, 6.07) is 4.31. The van der Waals surface area contributed by atoms with Crippen molar-refractivity contribution in [3.05, 3.63) is 34.3 Å². The molecule has 5 heteroatoms. The van der Waals surface area contributed by atoms with E-state index in [4.69, 9.17) is 0 Å². The smallest absolute Gasteiger partial charge is 0.344 e. The van der Waals surface area contributed by atoms with E-state index in [-0.39, 0.29) is 5.56 Å². The summed E-state index contributed by atoms with van der Waals surface area (Å²) in [6.45, 7) is 0. The van der Waals surface area contributed by atoms with E-state index in [1.54, 1.807) is 12.1 Å².